The maximum Gasteiger partial charge on any atom is 0.292 e. The van der Waals surface area contributed by atoms with Crippen molar-refractivity contribution in [1.82, 2.24) is 4.90 Å². The van der Waals surface area contributed by atoms with Crippen LogP contribution in [0.2, 0.25) is 5.02 Å². The molecule has 0 saturated heterocycles. The first-order chi connectivity index (χ1) is 8.95. The number of nitrogens with one attached hydrogen (secondary N) is 1. The van der Waals surface area contributed by atoms with Gasteiger partial charge in [-0.3, -0.25) is 10.1 Å². The maximum absolute atomic E-state index is 10.9. The van der Waals surface area contributed by atoms with Gasteiger partial charge in [0.25, 0.3) is 5.69 Å². The molecule has 6 heteroatoms. The van der Waals surface area contributed by atoms with E-state index in [1.54, 1.807) is 6.07 Å². The van der Waals surface area contributed by atoms with E-state index in [1.807, 2.05) is 7.05 Å². The van der Waals surface area contributed by atoms with Gasteiger partial charge in [-0.05, 0) is 32.5 Å². The molecule has 1 aromatic carbocycles. The fourth-order valence-electron chi connectivity index (χ4n) is 1.71. The van der Waals surface area contributed by atoms with Crippen molar-refractivity contribution in [3.63, 3.8) is 0 Å². The Balaban J connectivity index is 2.62. The van der Waals surface area contributed by atoms with Crippen molar-refractivity contribution < 1.29 is 4.92 Å². The van der Waals surface area contributed by atoms with E-state index in [4.69, 9.17) is 11.6 Å². The summed E-state index contributed by atoms with van der Waals surface area (Å²) in [6, 6.07) is 5.03. The van der Waals surface area contributed by atoms with Crippen LogP contribution in [0.25, 0.3) is 0 Å². The molecule has 106 valence electrons. The number of anilines is 1. The molecule has 0 aromatic heterocycles. The summed E-state index contributed by atoms with van der Waals surface area (Å²) in [6.07, 6.45) is 1.08. The molecule has 0 aliphatic rings. The van der Waals surface area contributed by atoms with Gasteiger partial charge in [0, 0.05) is 30.2 Å². The van der Waals surface area contributed by atoms with Crippen LogP contribution < -0.4 is 5.32 Å². The second-order valence-electron chi connectivity index (χ2n) is 4.58. The minimum absolute atomic E-state index is 0.0515. The molecule has 0 saturated carbocycles. The standard InChI is InChI=1S/C13H20ClN3O2/c1-4-10(2)16(3)8-7-15-12-9-11(14)5-6-13(12)17(18)19/h5-6,9-10,15H,4,7-8H2,1-3H3. The number of nitro groups is 1. The zero-order chi connectivity index (χ0) is 14.4. The van der Waals surface area contributed by atoms with Crippen molar-refractivity contribution >= 4 is 23.0 Å². The quantitative estimate of drug-likeness (QED) is 0.616. The summed E-state index contributed by atoms with van der Waals surface area (Å²) in [5.41, 5.74) is 0.519. The van der Waals surface area contributed by atoms with Gasteiger partial charge in [0.05, 0.1) is 4.92 Å². The smallest absolute Gasteiger partial charge is 0.292 e. The molecule has 0 aliphatic heterocycles. The molecule has 0 aliphatic carbocycles. The molecule has 0 heterocycles. The predicted molar refractivity (Wildman–Crippen MR) is 79.0 cm³/mol. The van der Waals surface area contributed by atoms with Gasteiger partial charge in [-0.15, -0.1) is 0 Å². The van der Waals surface area contributed by atoms with Gasteiger partial charge in [-0.2, -0.15) is 0 Å². The van der Waals surface area contributed by atoms with E-state index in [9.17, 15) is 10.1 Å². The van der Waals surface area contributed by atoms with Crippen molar-refractivity contribution in [3.05, 3.63) is 33.3 Å². The van der Waals surface area contributed by atoms with Crippen LogP contribution >= 0.6 is 11.6 Å². The first kappa shape index (κ1) is 15.7. The molecule has 0 bridgehead atoms. The summed E-state index contributed by atoms with van der Waals surface area (Å²) in [4.78, 5) is 12.7. The van der Waals surface area contributed by atoms with E-state index in [0.717, 1.165) is 13.0 Å². The van der Waals surface area contributed by atoms with Crippen LogP contribution in [0.1, 0.15) is 20.3 Å². The minimum Gasteiger partial charge on any atom is -0.378 e. The van der Waals surface area contributed by atoms with Crippen molar-refractivity contribution in [2.45, 2.75) is 26.3 Å². The molecule has 0 radical (unpaired) electrons. The fraction of sp³-hybridized carbons (Fsp3) is 0.538. The Bertz CT molecular complexity index is 440. The summed E-state index contributed by atoms with van der Waals surface area (Å²) in [6.45, 7) is 5.75. The summed E-state index contributed by atoms with van der Waals surface area (Å²) in [5.74, 6) is 0. The van der Waals surface area contributed by atoms with Crippen molar-refractivity contribution in [2.75, 3.05) is 25.5 Å². The number of hydrogen-bond acceptors (Lipinski definition) is 4. The van der Waals surface area contributed by atoms with Gasteiger partial charge >= 0.3 is 0 Å². The highest BCUT2D eigenvalue weighted by Gasteiger charge is 2.14. The van der Waals surface area contributed by atoms with E-state index in [0.29, 0.717) is 23.3 Å². The van der Waals surface area contributed by atoms with E-state index < -0.39 is 4.92 Å². The van der Waals surface area contributed by atoms with Gasteiger partial charge in [0.15, 0.2) is 0 Å². The lowest BCUT2D eigenvalue weighted by atomic mass is 10.2. The number of rotatable bonds is 7. The number of hydrogen-bond donors (Lipinski definition) is 1. The number of benzene rings is 1. The Hall–Kier alpha value is -1.33. The summed E-state index contributed by atoms with van der Waals surface area (Å²) in [5, 5.41) is 14.5. The second kappa shape index (κ2) is 7.31. The summed E-state index contributed by atoms with van der Waals surface area (Å²) >= 11 is 5.86. The number of nitrogens with zero attached hydrogens (tertiary/aromatic N) is 2. The molecular weight excluding hydrogens is 266 g/mol. The van der Waals surface area contributed by atoms with Crippen LogP contribution in [-0.2, 0) is 0 Å². The third-order valence-corrected chi connectivity index (χ3v) is 3.51. The van der Waals surface area contributed by atoms with E-state index in [1.165, 1.54) is 12.1 Å². The molecule has 0 spiro atoms. The molecule has 5 nitrogen and oxygen atoms in total. The van der Waals surface area contributed by atoms with E-state index in [2.05, 4.69) is 24.1 Å². The normalized spacial score (nSPS) is 12.5. The monoisotopic (exact) mass is 285 g/mol. The average molecular weight is 286 g/mol. The van der Waals surface area contributed by atoms with Crippen LogP contribution in [0.5, 0.6) is 0 Å². The highest BCUT2D eigenvalue weighted by atomic mass is 35.5. The van der Waals surface area contributed by atoms with Gasteiger partial charge < -0.3 is 10.2 Å². The third-order valence-electron chi connectivity index (χ3n) is 3.28. The van der Waals surface area contributed by atoms with Crippen molar-refractivity contribution in [2.24, 2.45) is 0 Å². The zero-order valence-electron chi connectivity index (χ0n) is 11.5. The first-order valence-electron chi connectivity index (χ1n) is 6.33. The third kappa shape index (κ3) is 4.69. The summed E-state index contributed by atoms with van der Waals surface area (Å²) < 4.78 is 0. The lowest BCUT2D eigenvalue weighted by Crippen LogP contribution is -2.32. The molecule has 0 amide bonds. The Morgan fingerprint density at radius 3 is 2.79 bits per heavy atom. The predicted octanol–water partition coefficient (Wildman–Crippen LogP) is 3.39. The Kier molecular flexibility index (Phi) is 6.05. The molecule has 1 aromatic rings. The summed E-state index contributed by atoms with van der Waals surface area (Å²) in [7, 11) is 2.04. The Morgan fingerprint density at radius 2 is 2.21 bits per heavy atom. The maximum atomic E-state index is 10.9. The lowest BCUT2D eigenvalue weighted by Gasteiger charge is -2.23. The topological polar surface area (TPSA) is 58.4 Å². The molecule has 1 unspecified atom stereocenters. The van der Waals surface area contributed by atoms with Crippen molar-refractivity contribution in [3.8, 4) is 0 Å². The minimum atomic E-state index is -0.406. The molecular formula is C13H20ClN3O2. The molecule has 19 heavy (non-hydrogen) atoms. The molecule has 1 atom stereocenters. The molecule has 1 rings (SSSR count). The van der Waals surface area contributed by atoms with Crippen molar-refractivity contribution in [1.29, 1.82) is 0 Å². The molecule has 1 N–H and O–H groups in total. The SMILES string of the molecule is CCC(C)N(C)CCNc1cc(Cl)ccc1[N+](=O)[O-]. The number of halogens is 1. The largest absolute Gasteiger partial charge is 0.378 e. The Morgan fingerprint density at radius 1 is 1.53 bits per heavy atom. The number of nitro benzene ring substituents is 1. The van der Waals surface area contributed by atoms with Gasteiger partial charge in [-0.25, -0.2) is 0 Å². The van der Waals surface area contributed by atoms with Crippen LogP contribution in [0.15, 0.2) is 18.2 Å². The number of likely N-dealkylation sites (N-methyl/N-ethyl adjacent to an activating group) is 1. The van der Waals surface area contributed by atoms with Gasteiger partial charge in [0.1, 0.15) is 5.69 Å². The highest BCUT2D eigenvalue weighted by Crippen LogP contribution is 2.27. The average Bonchev–Trinajstić information content (AvgIpc) is 2.37. The van der Waals surface area contributed by atoms with Crippen LogP contribution in [0.4, 0.5) is 11.4 Å². The van der Waals surface area contributed by atoms with Crippen LogP contribution in [0, 0.1) is 10.1 Å². The van der Waals surface area contributed by atoms with Crippen LogP contribution in [-0.4, -0.2) is 36.0 Å². The van der Waals surface area contributed by atoms with E-state index >= 15 is 0 Å². The Labute approximate surface area is 118 Å². The first-order valence-corrected chi connectivity index (χ1v) is 6.71. The molecule has 0 fully saturated rings. The zero-order valence-corrected chi connectivity index (χ0v) is 12.3. The van der Waals surface area contributed by atoms with Gasteiger partial charge in [-0.1, -0.05) is 18.5 Å². The second-order valence-corrected chi connectivity index (χ2v) is 5.02. The van der Waals surface area contributed by atoms with E-state index in [-0.39, 0.29) is 5.69 Å². The van der Waals surface area contributed by atoms with Gasteiger partial charge in [0.2, 0.25) is 0 Å². The van der Waals surface area contributed by atoms with Crippen LogP contribution in [0.3, 0.4) is 0 Å². The fourth-order valence-corrected chi connectivity index (χ4v) is 1.88. The highest BCUT2D eigenvalue weighted by molar-refractivity contribution is 6.31. The lowest BCUT2D eigenvalue weighted by molar-refractivity contribution is -0.384.